The second kappa shape index (κ2) is 8.44. The van der Waals surface area contributed by atoms with Crippen molar-refractivity contribution in [3.8, 4) is 0 Å². The largest absolute Gasteiger partial charge is 0.408 e. The van der Waals surface area contributed by atoms with Crippen LogP contribution in [0, 0.1) is 0 Å². The Kier molecular flexibility index (Phi) is 5.53. The SMILES string of the molecule is CN(c1ccc2c(cnn2C)c1)c1cccc2ccn(CC(=O)N3CCC[C@H]3C(F)(F)F)c(=O)c12. The lowest BCUT2D eigenvalue weighted by atomic mass is 10.1. The van der Waals surface area contributed by atoms with E-state index in [1.165, 1.54) is 10.8 Å². The van der Waals surface area contributed by atoms with E-state index in [-0.39, 0.29) is 13.0 Å². The first-order valence-corrected chi connectivity index (χ1v) is 11.3. The maximum atomic E-state index is 13.5. The third kappa shape index (κ3) is 4.02. The van der Waals surface area contributed by atoms with E-state index in [1.807, 2.05) is 49.3 Å². The van der Waals surface area contributed by atoms with Crippen molar-refractivity contribution in [1.82, 2.24) is 19.2 Å². The molecule has 0 saturated carbocycles. The lowest BCUT2D eigenvalue weighted by Gasteiger charge is -2.27. The van der Waals surface area contributed by atoms with Crippen LogP contribution in [-0.2, 0) is 18.4 Å². The number of fused-ring (bicyclic) bond motifs is 2. The van der Waals surface area contributed by atoms with E-state index in [1.54, 1.807) is 23.0 Å². The van der Waals surface area contributed by atoms with Gasteiger partial charge < -0.3 is 14.4 Å². The Bertz CT molecular complexity index is 1490. The van der Waals surface area contributed by atoms with Gasteiger partial charge >= 0.3 is 6.18 Å². The van der Waals surface area contributed by atoms with E-state index in [2.05, 4.69) is 5.10 Å². The summed E-state index contributed by atoms with van der Waals surface area (Å²) in [5.41, 5.74) is 2.02. The number of amides is 1. The molecule has 10 heteroatoms. The van der Waals surface area contributed by atoms with Crippen LogP contribution in [0.4, 0.5) is 24.5 Å². The molecule has 0 spiro atoms. The molecule has 35 heavy (non-hydrogen) atoms. The molecule has 2 aromatic carbocycles. The number of pyridine rings is 1. The third-order valence-corrected chi connectivity index (χ3v) is 6.72. The molecule has 1 amide bonds. The maximum Gasteiger partial charge on any atom is 0.408 e. The van der Waals surface area contributed by atoms with Gasteiger partial charge in [0.25, 0.3) is 5.56 Å². The van der Waals surface area contributed by atoms with Gasteiger partial charge in [-0.3, -0.25) is 14.3 Å². The van der Waals surface area contributed by atoms with Crippen molar-refractivity contribution in [2.45, 2.75) is 31.6 Å². The summed E-state index contributed by atoms with van der Waals surface area (Å²) in [6.45, 7) is -0.406. The number of likely N-dealkylation sites (tertiary alicyclic amines) is 1. The number of halogens is 3. The minimum absolute atomic E-state index is 0.0378. The molecule has 4 aromatic rings. The smallest absolute Gasteiger partial charge is 0.344 e. The molecule has 0 aliphatic carbocycles. The molecule has 7 nitrogen and oxygen atoms in total. The highest BCUT2D eigenvalue weighted by atomic mass is 19.4. The van der Waals surface area contributed by atoms with Crippen LogP contribution in [0.15, 0.2) is 59.7 Å². The van der Waals surface area contributed by atoms with Crippen LogP contribution in [0.1, 0.15) is 12.8 Å². The van der Waals surface area contributed by atoms with Crippen LogP contribution in [0.3, 0.4) is 0 Å². The zero-order valence-electron chi connectivity index (χ0n) is 19.3. The Morgan fingerprint density at radius 1 is 1.17 bits per heavy atom. The number of aromatic nitrogens is 3. The quantitative estimate of drug-likeness (QED) is 0.436. The Hall–Kier alpha value is -3.82. The standard InChI is InChI=1S/C25H24F3N5O2/c1-30(18-8-9-19-17(13-18)14-29-31(19)2)20-6-3-5-16-10-12-32(24(35)23(16)20)15-22(34)33-11-4-7-21(33)25(26,27)28/h3,5-6,8-10,12-14,21H,4,7,11,15H2,1-2H3/t21-/m0/s1. The second-order valence-corrected chi connectivity index (χ2v) is 8.85. The predicted molar refractivity (Wildman–Crippen MR) is 128 cm³/mol. The first-order valence-electron chi connectivity index (χ1n) is 11.3. The van der Waals surface area contributed by atoms with Crippen LogP contribution < -0.4 is 10.5 Å². The monoisotopic (exact) mass is 483 g/mol. The first-order chi connectivity index (χ1) is 16.6. The fourth-order valence-electron chi connectivity index (χ4n) is 4.86. The summed E-state index contributed by atoms with van der Waals surface area (Å²) in [6.07, 6.45) is -1.07. The van der Waals surface area contributed by atoms with E-state index in [0.29, 0.717) is 22.9 Å². The fraction of sp³-hybridized carbons (Fsp3) is 0.320. The molecule has 1 fully saturated rings. The van der Waals surface area contributed by atoms with Gasteiger partial charge in [0, 0.05) is 37.9 Å². The van der Waals surface area contributed by atoms with E-state index >= 15 is 0 Å². The Balaban J connectivity index is 1.51. The average Bonchev–Trinajstić information content (AvgIpc) is 3.47. The number of anilines is 2. The first kappa shape index (κ1) is 22.9. The van der Waals surface area contributed by atoms with Gasteiger partial charge in [0.1, 0.15) is 12.6 Å². The second-order valence-electron chi connectivity index (χ2n) is 8.85. The van der Waals surface area contributed by atoms with Crippen LogP contribution >= 0.6 is 0 Å². The molecule has 0 unspecified atom stereocenters. The summed E-state index contributed by atoms with van der Waals surface area (Å²) in [4.78, 5) is 29.0. The van der Waals surface area contributed by atoms with Gasteiger partial charge in [-0.1, -0.05) is 12.1 Å². The molecule has 0 radical (unpaired) electrons. The minimum Gasteiger partial charge on any atom is -0.344 e. The van der Waals surface area contributed by atoms with Crippen molar-refractivity contribution >= 4 is 39.0 Å². The highest BCUT2D eigenvalue weighted by molar-refractivity contribution is 5.96. The Morgan fingerprint density at radius 3 is 2.74 bits per heavy atom. The molecule has 182 valence electrons. The molecular formula is C25H24F3N5O2. The van der Waals surface area contributed by atoms with Gasteiger partial charge in [0.05, 0.1) is 22.8 Å². The maximum absolute atomic E-state index is 13.5. The van der Waals surface area contributed by atoms with Gasteiger partial charge in [0.2, 0.25) is 5.91 Å². The highest BCUT2D eigenvalue weighted by Gasteiger charge is 2.47. The molecule has 0 bridgehead atoms. The zero-order valence-corrected chi connectivity index (χ0v) is 19.3. The fourth-order valence-corrected chi connectivity index (χ4v) is 4.86. The van der Waals surface area contributed by atoms with Crippen molar-refractivity contribution in [3.05, 3.63) is 65.2 Å². The zero-order chi connectivity index (χ0) is 24.9. The van der Waals surface area contributed by atoms with Gasteiger partial charge in [-0.2, -0.15) is 18.3 Å². The van der Waals surface area contributed by atoms with Gasteiger partial charge in [0.15, 0.2) is 0 Å². The van der Waals surface area contributed by atoms with Gasteiger partial charge in [-0.15, -0.1) is 0 Å². The van der Waals surface area contributed by atoms with E-state index in [9.17, 15) is 22.8 Å². The summed E-state index contributed by atoms with van der Waals surface area (Å²) < 4.78 is 42.9. The number of carbonyl (C=O) groups excluding carboxylic acids is 1. The van der Waals surface area contributed by atoms with Crippen molar-refractivity contribution in [1.29, 1.82) is 0 Å². The normalized spacial score (nSPS) is 16.4. The molecule has 3 heterocycles. The van der Waals surface area contributed by atoms with Gasteiger partial charge in [-0.25, -0.2) is 0 Å². The Labute approximate surface area is 199 Å². The average molecular weight is 483 g/mol. The number of alkyl halides is 3. The third-order valence-electron chi connectivity index (χ3n) is 6.72. The molecular weight excluding hydrogens is 459 g/mol. The lowest BCUT2D eigenvalue weighted by molar-refractivity contribution is -0.183. The molecule has 1 saturated heterocycles. The summed E-state index contributed by atoms with van der Waals surface area (Å²) in [5.74, 6) is -0.709. The molecule has 2 aromatic heterocycles. The number of benzene rings is 2. The van der Waals surface area contributed by atoms with Crippen molar-refractivity contribution in [3.63, 3.8) is 0 Å². The van der Waals surface area contributed by atoms with Crippen molar-refractivity contribution in [2.75, 3.05) is 18.5 Å². The number of nitrogens with zero attached hydrogens (tertiary/aromatic N) is 5. The topological polar surface area (TPSA) is 63.4 Å². The van der Waals surface area contributed by atoms with E-state index < -0.39 is 30.2 Å². The lowest BCUT2D eigenvalue weighted by Crippen LogP contribution is -2.46. The summed E-state index contributed by atoms with van der Waals surface area (Å²) in [5, 5.41) is 6.29. The summed E-state index contributed by atoms with van der Waals surface area (Å²) >= 11 is 0. The minimum atomic E-state index is -4.48. The van der Waals surface area contributed by atoms with E-state index in [4.69, 9.17) is 0 Å². The molecule has 1 aliphatic heterocycles. The van der Waals surface area contributed by atoms with Crippen LogP contribution in [0.25, 0.3) is 21.7 Å². The summed E-state index contributed by atoms with van der Waals surface area (Å²) in [6, 6.07) is 11.2. The number of hydrogen-bond donors (Lipinski definition) is 0. The number of rotatable bonds is 4. The molecule has 5 rings (SSSR count). The predicted octanol–water partition coefficient (Wildman–Crippen LogP) is 4.21. The van der Waals surface area contributed by atoms with Crippen LogP contribution in [0.2, 0.25) is 0 Å². The number of hydrogen-bond acceptors (Lipinski definition) is 4. The van der Waals surface area contributed by atoms with Crippen molar-refractivity contribution < 1.29 is 18.0 Å². The van der Waals surface area contributed by atoms with Gasteiger partial charge in [-0.05, 0) is 48.6 Å². The number of carbonyl (C=O) groups is 1. The van der Waals surface area contributed by atoms with Crippen LogP contribution in [0.5, 0.6) is 0 Å². The number of aryl methyl sites for hydroxylation is 1. The molecule has 1 atom stereocenters. The van der Waals surface area contributed by atoms with Crippen LogP contribution in [-0.4, -0.2) is 51.0 Å². The molecule has 0 N–H and O–H groups in total. The van der Waals surface area contributed by atoms with E-state index in [0.717, 1.165) is 21.5 Å². The highest BCUT2D eigenvalue weighted by Crippen LogP contribution is 2.33. The van der Waals surface area contributed by atoms with Crippen molar-refractivity contribution in [2.24, 2.45) is 7.05 Å². The summed E-state index contributed by atoms with van der Waals surface area (Å²) in [7, 11) is 3.70. The molecule has 1 aliphatic rings. The Morgan fingerprint density at radius 2 is 1.97 bits per heavy atom.